The van der Waals surface area contributed by atoms with Crippen molar-refractivity contribution in [3.8, 4) is 11.4 Å². The Morgan fingerprint density at radius 2 is 1.77 bits per heavy atom. The van der Waals surface area contributed by atoms with E-state index in [1.54, 1.807) is 0 Å². The summed E-state index contributed by atoms with van der Waals surface area (Å²) in [5, 5.41) is 12.6. The fourth-order valence-electron chi connectivity index (χ4n) is 2.89. The summed E-state index contributed by atoms with van der Waals surface area (Å²) in [4.78, 5) is 12.3. The predicted molar refractivity (Wildman–Crippen MR) is 126 cm³/mol. The molecule has 1 amide bonds. The van der Waals surface area contributed by atoms with Gasteiger partial charge in [-0.05, 0) is 37.0 Å². The Bertz CT molecular complexity index is 957. The van der Waals surface area contributed by atoms with Gasteiger partial charge in [-0.2, -0.15) is 0 Å². The minimum Gasteiger partial charge on any atom is -0.353 e. The van der Waals surface area contributed by atoms with Crippen LogP contribution < -0.4 is 5.32 Å². The van der Waals surface area contributed by atoms with Crippen molar-refractivity contribution in [2.24, 2.45) is 5.92 Å². The first-order valence-corrected chi connectivity index (χ1v) is 11.9. The lowest BCUT2D eigenvalue weighted by Gasteiger charge is -2.17. The van der Waals surface area contributed by atoms with Gasteiger partial charge in [-0.1, -0.05) is 84.0 Å². The van der Waals surface area contributed by atoms with Crippen LogP contribution in [0.5, 0.6) is 0 Å². The van der Waals surface area contributed by atoms with E-state index in [1.165, 1.54) is 17.3 Å². The number of thioether (sulfide) groups is 1. The van der Waals surface area contributed by atoms with E-state index in [9.17, 15) is 4.79 Å². The number of halogens is 1. The van der Waals surface area contributed by atoms with E-state index < -0.39 is 0 Å². The molecule has 0 fully saturated rings. The predicted octanol–water partition coefficient (Wildman–Crippen LogP) is 5.20. The van der Waals surface area contributed by atoms with Crippen LogP contribution >= 0.6 is 27.7 Å². The quantitative estimate of drug-likeness (QED) is 0.422. The third-order valence-electron chi connectivity index (χ3n) is 5.01. The molecule has 0 saturated carbocycles. The van der Waals surface area contributed by atoms with Crippen molar-refractivity contribution in [1.82, 2.24) is 20.1 Å². The van der Waals surface area contributed by atoms with Crippen molar-refractivity contribution in [2.75, 3.05) is 5.75 Å². The Morgan fingerprint density at radius 3 is 2.43 bits per heavy atom. The second-order valence-electron chi connectivity index (χ2n) is 7.59. The lowest BCUT2D eigenvalue weighted by molar-refractivity contribution is -0.119. The van der Waals surface area contributed by atoms with Crippen LogP contribution in [0.3, 0.4) is 0 Å². The molecule has 0 saturated heterocycles. The average Bonchev–Trinajstić information content (AvgIpc) is 3.14. The van der Waals surface area contributed by atoms with Gasteiger partial charge in [0.2, 0.25) is 5.91 Å². The molecule has 0 aliphatic rings. The number of hydrogen-bond donors (Lipinski definition) is 1. The number of benzene rings is 2. The van der Waals surface area contributed by atoms with Crippen LogP contribution in [0.2, 0.25) is 0 Å². The summed E-state index contributed by atoms with van der Waals surface area (Å²) in [7, 11) is 0. The number of carbonyl (C=O) groups is 1. The zero-order chi connectivity index (χ0) is 21.5. The lowest BCUT2D eigenvalue weighted by atomic mass is 10.1. The molecular weight excluding hydrogens is 460 g/mol. The van der Waals surface area contributed by atoms with Crippen molar-refractivity contribution in [3.63, 3.8) is 0 Å². The molecule has 3 rings (SSSR count). The number of aryl methyl sites for hydroxylation is 1. The molecule has 0 unspecified atom stereocenters. The number of nitrogens with one attached hydrogen (secondary N) is 1. The van der Waals surface area contributed by atoms with E-state index in [0.29, 0.717) is 11.7 Å². The van der Waals surface area contributed by atoms with Gasteiger partial charge in [-0.3, -0.25) is 4.79 Å². The zero-order valence-corrected chi connectivity index (χ0v) is 19.9. The maximum absolute atomic E-state index is 12.3. The van der Waals surface area contributed by atoms with Gasteiger partial charge in [0.05, 0.1) is 5.75 Å². The van der Waals surface area contributed by atoms with E-state index in [0.717, 1.165) is 34.0 Å². The molecule has 7 heteroatoms. The van der Waals surface area contributed by atoms with Crippen molar-refractivity contribution in [1.29, 1.82) is 0 Å². The highest BCUT2D eigenvalue weighted by Crippen LogP contribution is 2.26. The third kappa shape index (κ3) is 6.19. The molecule has 5 nitrogen and oxygen atoms in total. The van der Waals surface area contributed by atoms with E-state index in [2.05, 4.69) is 62.0 Å². The molecule has 30 heavy (non-hydrogen) atoms. The van der Waals surface area contributed by atoms with Crippen LogP contribution in [0, 0.1) is 5.92 Å². The van der Waals surface area contributed by atoms with Crippen molar-refractivity contribution in [2.45, 2.75) is 44.9 Å². The summed E-state index contributed by atoms with van der Waals surface area (Å²) in [5.74, 6) is 1.55. The first-order chi connectivity index (χ1) is 14.4. The van der Waals surface area contributed by atoms with Crippen LogP contribution in [-0.4, -0.2) is 32.5 Å². The SMILES string of the molecule is CC(C)[C@H](C)NC(=O)CSc1nnc(-c2ccc(Br)cc2)n1CCc1ccccc1. The van der Waals surface area contributed by atoms with Crippen LogP contribution in [-0.2, 0) is 17.8 Å². The molecule has 1 N–H and O–H groups in total. The summed E-state index contributed by atoms with van der Waals surface area (Å²) >= 11 is 4.91. The van der Waals surface area contributed by atoms with E-state index in [-0.39, 0.29) is 11.9 Å². The summed E-state index contributed by atoms with van der Waals surface area (Å²) < 4.78 is 3.13. The van der Waals surface area contributed by atoms with E-state index >= 15 is 0 Å². The number of amides is 1. The Morgan fingerprint density at radius 1 is 1.07 bits per heavy atom. The third-order valence-corrected chi connectivity index (χ3v) is 6.50. The van der Waals surface area contributed by atoms with Crippen molar-refractivity contribution in [3.05, 3.63) is 64.6 Å². The molecule has 0 aliphatic carbocycles. The van der Waals surface area contributed by atoms with Crippen LogP contribution in [0.4, 0.5) is 0 Å². The van der Waals surface area contributed by atoms with Crippen LogP contribution in [0.1, 0.15) is 26.3 Å². The van der Waals surface area contributed by atoms with Gasteiger partial charge in [0.25, 0.3) is 0 Å². The van der Waals surface area contributed by atoms with Crippen LogP contribution in [0.15, 0.2) is 64.2 Å². The highest BCUT2D eigenvalue weighted by Gasteiger charge is 2.17. The molecular formula is C23H27BrN4OS. The summed E-state index contributed by atoms with van der Waals surface area (Å²) in [5.41, 5.74) is 2.26. The van der Waals surface area contributed by atoms with E-state index in [1.807, 2.05) is 49.4 Å². The summed E-state index contributed by atoms with van der Waals surface area (Å²) in [6, 6.07) is 18.6. The average molecular weight is 487 g/mol. The normalized spacial score (nSPS) is 12.2. The minimum absolute atomic E-state index is 0.0176. The highest BCUT2D eigenvalue weighted by molar-refractivity contribution is 9.10. The Kier molecular flexibility index (Phi) is 8.10. The van der Waals surface area contributed by atoms with E-state index in [4.69, 9.17) is 0 Å². The Hall–Kier alpha value is -2.12. The number of rotatable bonds is 9. The maximum Gasteiger partial charge on any atom is 0.230 e. The van der Waals surface area contributed by atoms with Gasteiger partial charge in [-0.25, -0.2) is 0 Å². The minimum atomic E-state index is 0.0176. The molecule has 2 aromatic carbocycles. The van der Waals surface area contributed by atoms with Gasteiger partial charge in [0, 0.05) is 22.6 Å². The highest BCUT2D eigenvalue weighted by atomic mass is 79.9. The standard InChI is InChI=1S/C23H27BrN4OS/c1-16(2)17(3)25-21(29)15-30-23-27-26-22(19-9-11-20(24)12-10-19)28(23)14-13-18-7-5-4-6-8-18/h4-12,16-17H,13-15H2,1-3H3,(H,25,29)/t17-/m0/s1. The first kappa shape index (κ1) is 22.6. The van der Waals surface area contributed by atoms with Crippen molar-refractivity contribution < 1.29 is 4.79 Å². The second kappa shape index (κ2) is 10.8. The fourth-order valence-corrected chi connectivity index (χ4v) is 3.93. The topological polar surface area (TPSA) is 59.8 Å². The fraction of sp³-hybridized carbons (Fsp3) is 0.348. The molecule has 1 aromatic heterocycles. The van der Waals surface area contributed by atoms with Gasteiger partial charge < -0.3 is 9.88 Å². The van der Waals surface area contributed by atoms with Gasteiger partial charge in [0.1, 0.15) is 0 Å². The first-order valence-electron chi connectivity index (χ1n) is 10.1. The van der Waals surface area contributed by atoms with Gasteiger partial charge in [-0.15, -0.1) is 10.2 Å². The molecule has 0 bridgehead atoms. The molecule has 0 radical (unpaired) electrons. The van der Waals surface area contributed by atoms with Crippen LogP contribution in [0.25, 0.3) is 11.4 Å². The smallest absolute Gasteiger partial charge is 0.230 e. The summed E-state index contributed by atoms with van der Waals surface area (Å²) in [6.45, 7) is 6.97. The lowest BCUT2D eigenvalue weighted by Crippen LogP contribution is -2.37. The zero-order valence-electron chi connectivity index (χ0n) is 17.5. The maximum atomic E-state index is 12.3. The van der Waals surface area contributed by atoms with Gasteiger partial charge in [0.15, 0.2) is 11.0 Å². The molecule has 3 aromatic rings. The number of aromatic nitrogens is 3. The van der Waals surface area contributed by atoms with Gasteiger partial charge >= 0.3 is 0 Å². The number of hydrogen-bond acceptors (Lipinski definition) is 4. The van der Waals surface area contributed by atoms with Crippen molar-refractivity contribution >= 4 is 33.6 Å². The summed E-state index contributed by atoms with van der Waals surface area (Å²) in [6.07, 6.45) is 0.868. The largest absolute Gasteiger partial charge is 0.353 e. The monoisotopic (exact) mass is 486 g/mol. The second-order valence-corrected chi connectivity index (χ2v) is 9.45. The number of nitrogens with zero attached hydrogens (tertiary/aromatic N) is 3. The molecule has 0 spiro atoms. The molecule has 158 valence electrons. The number of carbonyl (C=O) groups excluding carboxylic acids is 1. The molecule has 1 atom stereocenters. The Balaban J connectivity index is 1.78. The molecule has 1 heterocycles. The molecule has 0 aliphatic heterocycles. The Labute approximate surface area is 190 Å².